The molecule has 22 heavy (non-hydrogen) atoms. The molecule has 0 radical (unpaired) electrons. The van der Waals surface area contributed by atoms with Gasteiger partial charge in [0.15, 0.2) is 5.96 Å². The van der Waals surface area contributed by atoms with Crippen LogP contribution in [-0.2, 0) is 0 Å². The lowest BCUT2D eigenvalue weighted by Gasteiger charge is -2.23. The van der Waals surface area contributed by atoms with E-state index in [4.69, 9.17) is 15.2 Å². The highest BCUT2D eigenvalue weighted by Crippen LogP contribution is 2.19. The van der Waals surface area contributed by atoms with Gasteiger partial charge in [0.25, 0.3) is 0 Å². The van der Waals surface area contributed by atoms with Crippen LogP contribution < -0.4 is 20.5 Å². The Balaban J connectivity index is 1.62. The van der Waals surface area contributed by atoms with Crippen LogP contribution in [0.15, 0.2) is 29.3 Å². The van der Waals surface area contributed by atoms with Crippen LogP contribution >= 0.6 is 0 Å². The van der Waals surface area contributed by atoms with Crippen molar-refractivity contribution in [3.63, 3.8) is 0 Å². The minimum Gasteiger partial charge on any atom is -0.497 e. The van der Waals surface area contributed by atoms with Crippen molar-refractivity contribution in [2.45, 2.75) is 44.6 Å². The Labute approximate surface area is 132 Å². The number of rotatable bonds is 7. The van der Waals surface area contributed by atoms with E-state index in [0.717, 1.165) is 17.9 Å². The Bertz CT molecular complexity index is 471. The maximum Gasteiger partial charge on any atom is 0.188 e. The number of hydrogen-bond donors (Lipinski definition) is 2. The molecule has 2 rings (SSSR count). The molecule has 5 heteroatoms. The van der Waals surface area contributed by atoms with Gasteiger partial charge in [-0.15, -0.1) is 0 Å². The summed E-state index contributed by atoms with van der Waals surface area (Å²) in [5.74, 6) is 2.18. The van der Waals surface area contributed by atoms with Crippen molar-refractivity contribution in [2.24, 2.45) is 10.7 Å². The van der Waals surface area contributed by atoms with E-state index in [-0.39, 0.29) is 0 Å². The summed E-state index contributed by atoms with van der Waals surface area (Å²) >= 11 is 0. The van der Waals surface area contributed by atoms with E-state index >= 15 is 0 Å². The van der Waals surface area contributed by atoms with E-state index in [1.165, 1.54) is 32.1 Å². The van der Waals surface area contributed by atoms with Gasteiger partial charge in [0.05, 0.1) is 13.7 Å². The third-order valence-electron chi connectivity index (χ3n) is 3.85. The highest BCUT2D eigenvalue weighted by molar-refractivity contribution is 5.78. The molecule has 0 amide bonds. The molecular weight excluding hydrogens is 278 g/mol. The summed E-state index contributed by atoms with van der Waals surface area (Å²) in [4.78, 5) is 4.36. The number of hydrogen-bond acceptors (Lipinski definition) is 3. The van der Waals surface area contributed by atoms with Crippen molar-refractivity contribution in [1.29, 1.82) is 0 Å². The highest BCUT2D eigenvalue weighted by Gasteiger charge is 2.12. The first kappa shape index (κ1) is 16.5. The van der Waals surface area contributed by atoms with E-state index in [1.807, 2.05) is 24.3 Å². The van der Waals surface area contributed by atoms with Crippen molar-refractivity contribution in [3.05, 3.63) is 24.3 Å². The first-order chi connectivity index (χ1) is 10.8. The lowest BCUT2D eigenvalue weighted by molar-refractivity contribution is 0.311. The third kappa shape index (κ3) is 5.84. The van der Waals surface area contributed by atoms with Gasteiger partial charge in [-0.25, -0.2) is 0 Å². The minimum atomic E-state index is 0.505. The summed E-state index contributed by atoms with van der Waals surface area (Å²) < 4.78 is 10.8. The number of methoxy groups -OCH3 is 1. The Hall–Kier alpha value is -1.91. The molecule has 0 aliphatic heterocycles. The fraction of sp³-hybridized carbons (Fsp3) is 0.588. The van der Waals surface area contributed by atoms with Crippen molar-refractivity contribution in [1.82, 2.24) is 5.32 Å². The van der Waals surface area contributed by atoms with E-state index in [0.29, 0.717) is 25.2 Å². The third-order valence-corrected chi connectivity index (χ3v) is 3.85. The summed E-state index contributed by atoms with van der Waals surface area (Å²) in [5.41, 5.74) is 5.92. The molecule has 1 aliphatic carbocycles. The number of guanidine groups is 1. The average molecular weight is 305 g/mol. The summed E-state index contributed by atoms with van der Waals surface area (Å²) in [5, 5.41) is 3.31. The molecule has 3 N–H and O–H groups in total. The largest absolute Gasteiger partial charge is 0.497 e. The molecule has 0 unspecified atom stereocenters. The molecule has 1 saturated carbocycles. The molecule has 0 heterocycles. The van der Waals surface area contributed by atoms with Crippen LogP contribution in [0.2, 0.25) is 0 Å². The van der Waals surface area contributed by atoms with Gasteiger partial charge < -0.3 is 20.5 Å². The summed E-state index contributed by atoms with van der Waals surface area (Å²) in [6, 6.07) is 8.12. The Morgan fingerprint density at radius 1 is 1.27 bits per heavy atom. The number of benzene rings is 1. The molecule has 0 spiro atoms. The molecule has 0 bridgehead atoms. The van der Waals surface area contributed by atoms with Crippen LogP contribution in [0, 0.1) is 0 Å². The van der Waals surface area contributed by atoms with Crippen LogP contribution in [0.25, 0.3) is 0 Å². The molecule has 0 saturated heterocycles. The molecular formula is C17H27N3O2. The number of ether oxygens (including phenoxy) is 2. The van der Waals surface area contributed by atoms with Crippen molar-refractivity contribution in [2.75, 3.05) is 20.3 Å². The Morgan fingerprint density at radius 2 is 2.05 bits per heavy atom. The lowest BCUT2D eigenvalue weighted by Crippen LogP contribution is -2.41. The molecule has 1 fully saturated rings. The van der Waals surface area contributed by atoms with Crippen LogP contribution in [0.5, 0.6) is 11.5 Å². The molecule has 5 nitrogen and oxygen atoms in total. The van der Waals surface area contributed by atoms with Crippen LogP contribution in [-0.4, -0.2) is 32.3 Å². The van der Waals surface area contributed by atoms with E-state index < -0.39 is 0 Å². The van der Waals surface area contributed by atoms with Crippen LogP contribution in [0.1, 0.15) is 38.5 Å². The van der Waals surface area contributed by atoms with E-state index in [2.05, 4.69) is 10.3 Å². The van der Waals surface area contributed by atoms with Gasteiger partial charge in [0, 0.05) is 25.1 Å². The number of nitrogens with one attached hydrogen (secondary N) is 1. The zero-order valence-corrected chi connectivity index (χ0v) is 13.4. The fourth-order valence-electron chi connectivity index (χ4n) is 2.65. The fourth-order valence-corrected chi connectivity index (χ4v) is 2.65. The van der Waals surface area contributed by atoms with Crippen molar-refractivity contribution in [3.8, 4) is 11.5 Å². The first-order valence-electron chi connectivity index (χ1n) is 8.11. The summed E-state index contributed by atoms with van der Waals surface area (Å²) in [6.45, 7) is 1.29. The molecule has 1 aromatic rings. The van der Waals surface area contributed by atoms with E-state index in [1.54, 1.807) is 7.11 Å². The van der Waals surface area contributed by atoms with Crippen LogP contribution in [0.4, 0.5) is 0 Å². The molecule has 1 aliphatic rings. The highest BCUT2D eigenvalue weighted by atomic mass is 16.5. The standard InChI is InChI=1S/C17H27N3O2/c1-21-15-9-5-10-16(13-15)22-12-6-11-19-17(18)20-14-7-3-2-4-8-14/h5,9-10,13-14H,2-4,6-8,11-12H2,1H3,(H3,18,19,20). The monoisotopic (exact) mass is 305 g/mol. The van der Waals surface area contributed by atoms with Gasteiger partial charge in [0.2, 0.25) is 0 Å². The predicted molar refractivity (Wildman–Crippen MR) is 89.6 cm³/mol. The van der Waals surface area contributed by atoms with Crippen molar-refractivity contribution < 1.29 is 9.47 Å². The zero-order valence-electron chi connectivity index (χ0n) is 13.4. The second kappa shape index (κ2) is 9.18. The van der Waals surface area contributed by atoms with Gasteiger partial charge in [-0.3, -0.25) is 4.99 Å². The van der Waals surface area contributed by atoms with Gasteiger partial charge in [0.1, 0.15) is 11.5 Å². The SMILES string of the molecule is COc1cccc(OCCCN=C(N)NC2CCCCC2)c1. The average Bonchev–Trinajstić information content (AvgIpc) is 2.55. The number of nitrogens with two attached hydrogens (primary N) is 1. The van der Waals surface area contributed by atoms with Crippen molar-refractivity contribution >= 4 is 5.96 Å². The maximum absolute atomic E-state index is 5.92. The first-order valence-corrected chi connectivity index (χ1v) is 8.11. The predicted octanol–water partition coefficient (Wildman–Crippen LogP) is 2.70. The quantitative estimate of drug-likeness (QED) is 0.462. The summed E-state index contributed by atoms with van der Waals surface area (Å²) in [7, 11) is 1.65. The molecule has 0 atom stereocenters. The Morgan fingerprint density at radius 3 is 2.82 bits per heavy atom. The molecule has 1 aromatic carbocycles. The number of aliphatic imine (C=N–C) groups is 1. The van der Waals surface area contributed by atoms with E-state index in [9.17, 15) is 0 Å². The molecule has 0 aromatic heterocycles. The minimum absolute atomic E-state index is 0.505. The maximum atomic E-state index is 5.92. The van der Waals surface area contributed by atoms with Crippen LogP contribution in [0.3, 0.4) is 0 Å². The second-order valence-electron chi connectivity index (χ2n) is 5.63. The van der Waals surface area contributed by atoms with Gasteiger partial charge in [-0.1, -0.05) is 25.3 Å². The zero-order chi connectivity index (χ0) is 15.6. The molecule has 122 valence electrons. The number of nitrogens with zero attached hydrogens (tertiary/aromatic N) is 1. The van der Waals surface area contributed by atoms with Gasteiger partial charge >= 0.3 is 0 Å². The lowest BCUT2D eigenvalue weighted by atomic mass is 9.96. The summed E-state index contributed by atoms with van der Waals surface area (Å²) in [6.07, 6.45) is 7.17. The van der Waals surface area contributed by atoms with Gasteiger partial charge in [-0.2, -0.15) is 0 Å². The second-order valence-corrected chi connectivity index (χ2v) is 5.63. The normalized spacial score (nSPS) is 16.3. The topological polar surface area (TPSA) is 68.9 Å². The van der Waals surface area contributed by atoms with Gasteiger partial charge in [-0.05, 0) is 25.0 Å². The smallest absolute Gasteiger partial charge is 0.188 e. The Kier molecular flexibility index (Phi) is 6.87.